The lowest BCUT2D eigenvalue weighted by atomic mass is 9.96. The van der Waals surface area contributed by atoms with Crippen molar-refractivity contribution in [1.82, 2.24) is 5.32 Å². The van der Waals surface area contributed by atoms with Crippen molar-refractivity contribution >= 4 is 15.9 Å². The first-order valence-corrected chi connectivity index (χ1v) is 7.20. The van der Waals surface area contributed by atoms with Gasteiger partial charge in [-0.3, -0.25) is 0 Å². The Kier molecular flexibility index (Phi) is 5.01. The van der Waals surface area contributed by atoms with Gasteiger partial charge < -0.3 is 10.1 Å². The maximum atomic E-state index is 14.2. The molecule has 0 saturated carbocycles. The van der Waals surface area contributed by atoms with Crippen LogP contribution in [0.1, 0.15) is 24.8 Å². The lowest BCUT2D eigenvalue weighted by molar-refractivity contribution is 0.217. The molecular weight excluding hydrogens is 297 g/mol. The number of rotatable bonds is 4. The molecule has 1 aromatic carbocycles. The Morgan fingerprint density at radius 2 is 2.33 bits per heavy atom. The van der Waals surface area contributed by atoms with Crippen LogP contribution in [0.3, 0.4) is 0 Å². The molecule has 2 rings (SSSR count). The van der Waals surface area contributed by atoms with Crippen LogP contribution in [0.5, 0.6) is 5.75 Å². The van der Waals surface area contributed by atoms with E-state index in [-0.39, 0.29) is 6.04 Å². The fraction of sp³-hybridized carbons (Fsp3) is 0.571. The molecule has 0 aliphatic carbocycles. The molecule has 2 unspecified atom stereocenters. The molecule has 1 fully saturated rings. The molecule has 0 amide bonds. The van der Waals surface area contributed by atoms with Gasteiger partial charge in [-0.25, -0.2) is 4.39 Å². The zero-order valence-corrected chi connectivity index (χ0v) is 12.2. The zero-order chi connectivity index (χ0) is 13.0. The number of nitrogens with one attached hydrogen (secondary N) is 1. The van der Waals surface area contributed by atoms with Gasteiger partial charge in [-0.15, -0.1) is 0 Å². The van der Waals surface area contributed by atoms with Crippen LogP contribution in [0.4, 0.5) is 4.39 Å². The third-order valence-corrected chi connectivity index (χ3v) is 4.05. The molecular formula is C14H19BrFNO. The summed E-state index contributed by atoms with van der Waals surface area (Å²) in [6, 6.07) is 5.76. The molecule has 0 radical (unpaired) electrons. The highest BCUT2D eigenvalue weighted by Gasteiger charge is 2.23. The van der Waals surface area contributed by atoms with E-state index in [0.29, 0.717) is 6.42 Å². The molecule has 0 bridgehead atoms. The van der Waals surface area contributed by atoms with Gasteiger partial charge in [0, 0.05) is 12.5 Å². The summed E-state index contributed by atoms with van der Waals surface area (Å²) in [4.78, 5) is 0. The van der Waals surface area contributed by atoms with Crippen LogP contribution in [0.15, 0.2) is 22.7 Å². The first kappa shape index (κ1) is 13.8. The van der Waals surface area contributed by atoms with Crippen LogP contribution >= 0.6 is 15.9 Å². The molecule has 0 aromatic heterocycles. The van der Waals surface area contributed by atoms with E-state index in [4.69, 9.17) is 4.74 Å². The van der Waals surface area contributed by atoms with Crippen molar-refractivity contribution in [2.45, 2.75) is 37.9 Å². The minimum atomic E-state index is -0.814. The van der Waals surface area contributed by atoms with Gasteiger partial charge in [-0.2, -0.15) is 0 Å². The van der Waals surface area contributed by atoms with Crippen molar-refractivity contribution in [2.75, 3.05) is 13.7 Å². The fourth-order valence-corrected chi connectivity index (χ4v) is 2.98. The van der Waals surface area contributed by atoms with Crippen LogP contribution in [0.25, 0.3) is 0 Å². The van der Waals surface area contributed by atoms with Gasteiger partial charge in [-0.05, 0) is 53.0 Å². The van der Waals surface area contributed by atoms with Crippen molar-refractivity contribution in [3.05, 3.63) is 28.2 Å². The van der Waals surface area contributed by atoms with E-state index in [1.807, 2.05) is 18.2 Å². The van der Waals surface area contributed by atoms with E-state index in [1.54, 1.807) is 7.11 Å². The quantitative estimate of drug-likeness (QED) is 0.918. The van der Waals surface area contributed by atoms with E-state index < -0.39 is 6.17 Å². The number of ether oxygens (including phenoxy) is 1. The van der Waals surface area contributed by atoms with Crippen molar-refractivity contribution in [1.29, 1.82) is 0 Å². The van der Waals surface area contributed by atoms with Crippen LogP contribution in [-0.2, 0) is 6.42 Å². The Morgan fingerprint density at radius 3 is 2.94 bits per heavy atom. The first-order chi connectivity index (χ1) is 8.70. The molecule has 1 aromatic rings. The van der Waals surface area contributed by atoms with Gasteiger partial charge >= 0.3 is 0 Å². The van der Waals surface area contributed by atoms with Gasteiger partial charge in [0.05, 0.1) is 11.6 Å². The molecule has 2 nitrogen and oxygen atoms in total. The average molecular weight is 316 g/mol. The molecule has 1 heterocycles. The monoisotopic (exact) mass is 315 g/mol. The summed E-state index contributed by atoms with van der Waals surface area (Å²) >= 11 is 3.43. The topological polar surface area (TPSA) is 21.3 Å². The third-order valence-electron chi connectivity index (χ3n) is 3.43. The number of alkyl halides is 1. The van der Waals surface area contributed by atoms with Crippen LogP contribution in [0, 0.1) is 0 Å². The summed E-state index contributed by atoms with van der Waals surface area (Å²) in [5.74, 6) is 0.782. The first-order valence-electron chi connectivity index (χ1n) is 6.40. The number of hydrogen-bond acceptors (Lipinski definition) is 2. The van der Waals surface area contributed by atoms with Crippen molar-refractivity contribution in [2.24, 2.45) is 0 Å². The molecule has 1 aliphatic rings. The number of piperidine rings is 1. The molecule has 1 aliphatic heterocycles. The lowest BCUT2D eigenvalue weighted by Gasteiger charge is -2.26. The van der Waals surface area contributed by atoms with Crippen LogP contribution in [-0.4, -0.2) is 25.9 Å². The number of halogens is 2. The summed E-state index contributed by atoms with van der Waals surface area (Å²) in [5.41, 5.74) is 1.00. The van der Waals surface area contributed by atoms with Crippen molar-refractivity contribution in [3.8, 4) is 5.75 Å². The summed E-state index contributed by atoms with van der Waals surface area (Å²) in [5, 5.41) is 3.26. The van der Waals surface area contributed by atoms with E-state index in [1.165, 1.54) is 0 Å². The lowest BCUT2D eigenvalue weighted by Crippen LogP contribution is -2.42. The molecule has 1 N–H and O–H groups in total. The van der Waals surface area contributed by atoms with Gasteiger partial charge in [0.1, 0.15) is 11.9 Å². The normalized spacial score (nSPS) is 21.6. The standard InChI is InChI=1S/C14H19BrFNO/c1-18-14-6-5-10(8-11(14)15)9-12(16)13-4-2-3-7-17-13/h5-6,8,12-13,17H,2-4,7,9H2,1H3. The van der Waals surface area contributed by atoms with E-state index in [0.717, 1.165) is 41.6 Å². The maximum absolute atomic E-state index is 14.2. The number of benzene rings is 1. The number of methoxy groups -OCH3 is 1. The summed E-state index contributed by atoms with van der Waals surface area (Å²) in [6.07, 6.45) is 2.88. The Bertz CT molecular complexity index is 393. The zero-order valence-electron chi connectivity index (χ0n) is 10.6. The molecule has 0 spiro atoms. The highest BCUT2D eigenvalue weighted by Crippen LogP contribution is 2.27. The molecule has 100 valence electrons. The summed E-state index contributed by atoms with van der Waals surface area (Å²) in [6.45, 7) is 0.942. The van der Waals surface area contributed by atoms with Crippen molar-refractivity contribution < 1.29 is 9.13 Å². The molecule has 18 heavy (non-hydrogen) atoms. The Labute approximate surface area is 116 Å². The minimum Gasteiger partial charge on any atom is -0.496 e. The minimum absolute atomic E-state index is 0.0135. The highest BCUT2D eigenvalue weighted by atomic mass is 79.9. The SMILES string of the molecule is COc1ccc(CC(F)C2CCCCN2)cc1Br. The molecule has 1 saturated heterocycles. The van der Waals surface area contributed by atoms with Crippen LogP contribution in [0.2, 0.25) is 0 Å². The van der Waals surface area contributed by atoms with E-state index in [2.05, 4.69) is 21.2 Å². The predicted octanol–water partition coefficient (Wildman–Crippen LogP) is 3.48. The molecule has 2 atom stereocenters. The van der Waals surface area contributed by atoms with E-state index >= 15 is 0 Å². The maximum Gasteiger partial charge on any atom is 0.133 e. The largest absolute Gasteiger partial charge is 0.496 e. The molecule has 4 heteroatoms. The highest BCUT2D eigenvalue weighted by molar-refractivity contribution is 9.10. The van der Waals surface area contributed by atoms with Crippen LogP contribution < -0.4 is 10.1 Å². The summed E-state index contributed by atoms with van der Waals surface area (Å²) < 4.78 is 20.2. The second-order valence-electron chi connectivity index (χ2n) is 4.75. The smallest absolute Gasteiger partial charge is 0.133 e. The van der Waals surface area contributed by atoms with Gasteiger partial charge in [0.25, 0.3) is 0 Å². The van der Waals surface area contributed by atoms with Crippen molar-refractivity contribution in [3.63, 3.8) is 0 Å². The Balaban J connectivity index is 1.97. The van der Waals surface area contributed by atoms with E-state index in [9.17, 15) is 4.39 Å². The van der Waals surface area contributed by atoms with Gasteiger partial charge in [0.2, 0.25) is 0 Å². The third kappa shape index (κ3) is 3.45. The average Bonchev–Trinajstić information content (AvgIpc) is 2.40. The summed E-state index contributed by atoms with van der Waals surface area (Å²) in [7, 11) is 1.63. The number of hydrogen-bond donors (Lipinski definition) is 1. The second-order valence-corrected chi connectivity index (χ2v) is 5.60. The predicted molar refractivity (Wildman–Crippen MR) is 74.9 cm³/mol. The van der Waals surface area contributed by atoms with Gasteiger partial charge in [0.15, 0.2) is 0 Å². The Hall–Kier alpha value is -0.610. The Morgan fingerprint density at radius 1 is 1.50 bits per heavy atom. The van der Waals surface area contributed by atoms with Gasteiger partial charge in [-0.1, -0.05) is 12.5 Å². The second kappa shape index (κ2) is 6.53. The fourth-order valence-electron chi connectivity index (χ4n) is 2.39.